The smallest absolute Gasteiger partial charge is 0.0549 e. The minimum absolute atomic E-state index is 0.530. The largest absolute Gasteiger partial charge is 0.380 e. The van der Waals surface area contributed by atoms with E-state index in [0.717, 1.165) is 25.0 Å². The summed E-state index contributed by atoms with van der Waals surface area (Å²) in [5, 5.41) is 3.43. The number of hydrogen-bond donors (Lipinski definition) is 1. The zero-order valence-corrected chi connectivity index (χ0v) is 8.81. The van der Waals surface area contributed by atoms with Gasteiger partial charge in [0.1, 0.15) is 0 Å². The van der Waals surface area contributed by atoms with E-state index >= 15 is 0 Å². The molecule has 76 valence electrons. The van der Waals surface area contributed by atoms with Crippen LogP contribution in [-0.2, 0) is 4.74 Å². The van der Waals surface area contributed by atoms with E-state index in [1.165, 1.54) is 25.9 Å². The summed E-state index contributed by atoms with van der Waals surface area (Å²) >= 11 is 0. The molecule has 2 fully saturated rings. The molecule has 0 aromatic rings. The molecule has 0 aliphatic carbocycles. The van der Waals surface area contributed by atoms with Crippen molar-refractivity contribution >= 4 is 0 Å². The molecule has 1 N–H and O–H groups in total. The Kier molecular flexibility index (Phi) is 2.61. The van der Waals surface area contributed by atoms with E-state index < -0.39 is 0 Å². The Balaban J connectivity index is 2.02. The molecule has 2 saturated heterocycles. The molecule has 2 heteroatoms. The molecule has 0 unspecified atom stereocenters. The lowest BCUT2D eigenvalue weighted by Crippen LogP contribution is -2.54. The summed E-state index contributed by atoms with van der Waals surface area (Å²) in [6.45, 7) is 9.14. The van der Waals surface area contributed by atoms with Crippen LogP contribution in [-0.4, -0.2) is 26.3 Å². The van der Waals surface area contributed by atoms with E-state index in [-0.39, 0.29) is 0 Å². The van der Waals surface area contributed by atoms with Crippen LogP contribution in [0, 0.1) is 17.3 Å². The lowest BCUT2D eigenvalue weighted by molar-refractivity contribution is -0.176. The fourth-order valence-electron chi connectivity index (χ4n) is 2.78. The second kappa shape index (κ2) is 3.58. The molecular formula is C11H21NO. The zero-order chi connectivity index (χ0) is 9.31. The van der Waals surface area contributed by atoms with E-state index in [4.69, 9.17) is 4.74 Å². The monoisotopic (exact) mass is 183 g/mol. The fourth-order valence-corrected chi connectivity index (χ4v) is 2.78. The van der Waals surface area contributed by atoms with Crippen molar-refractivity contribution in [3.05, 3.63) is 0 Å². The van der Waals surface area contributed by atoms with Crippen molar-refractivity contribution in [3.63, 3.8) is 0 Å². The zero-order valence-electron chi connectivity index (χ0n) is 8.81. The molecule has 0 aromatic heterocycles. The molecule has 0 atom stereocenters. The lowest BCUT2D eigenvalue weighted by atomic mass is 9.63. The summed E-state index contributed by atoms with van der Waals surface area (Å²) in [7, 11) is 0. The maximum Gasteiger partial charge on any atom is 0.0549 e. The van der Waals surface area contributed by atoms with Crippen LogP contribution in [0.25, 0.3) is 0 Å². The standard InChI is InChI=1S/C11H21NO/c1-9(2)11(7-13-8-11)10-3-5-12-6-4-10/h9-10,12H,3-8H2,1-2H3. The Morgan fingerprint density at radius 2 is 1.85 bits per heavy atom. The van der Waals surface area contributed by atoms with Crippen LogP contribution in [0.15, 0.2) is 0 Å². The number of nitrogens with one attached hydrogen (secondary N) is 1. The molecule has 2 heterocycles. The molecule has 2 rings (SSSR count). The van der Waals surface area contributed by atoms with E-state index in [1.54, 1.807) is 0 Å². The van der Waals surface area contributed by atoms with Gasteiger partial charge in [-0.1, -0.05) is 13.8 Å². The highest BCUT2D eigenvalue weighted by Crippen LogP contribution is 2.46. The van der Waals surface area contributed by atoms with Gasteiger partial charge in [-0.2, -0.15) is 0 Å². The van der Waals surface area contributed by atoms with Gasteiger partial charge in [0, 0.05) is 5.41 Å². The number of rotatable bonds is 2. The molecule has 0 saturated carbocycles. The molecule has 2 aliphatic rings. The van der Waals surface area contributed by atoms with Crippen LogP contribution in [0.4, 0.5) is 0 Å². The first-order valence-electron chi connectivity index (χ1n) is 5.54. The summed E-state index contributed by atoms with van der Waals surface area (Å²) in [5.74, 6) is 1.69. The van der Waals surface area contributed by atoms with Crippen LogP contribution < -0.4 is 5.32 Å². The predicted octanol–water partition coefficient (Wildman–Crippen LogP) is 1.66. The molecule has 2 nitrogen and oxygen atoms in total. The maximum absolute atomic E-state index is 5.43. The van der Waals surface area contributed by atoms with E-state index in [9.17, 15) is 0 Å². The van der Waals surface area contributed by atoms with Crippen LogP contribution >= 0.6 is 0 Å². The van der Waals surface area contributed by atoms with Crippen molar-refractivity contribution in [3.8, 4) is 0 Å². The van der Waals surface area contributed by atoms with Crippen LogP contribution in [0.3, 0.4) is 0 Å². The van der Waals surface area contributed by atoms with Crippen molar-refractivity contribution in [2.45, 2.75) is 26.7 Å². The number of ether oxygens (including phenoxy) is 1. The fraction of sp³-hybridized carbons (Fsp3) is 1.00. The average Bonchev–Trinajstić information content (AvgIpc) is 2.03. The highest BCUT2D eigenvalue weighted by Gasteiger charge is 2.47. The van der Waals surface area contributed by atoms with Crippen molar-refractivity contribution in [2.24, 2.45) is 17.3 Å². The molecule has 0 amide bonds. The lowest BCUT2D eigenvalue weighted by Gasteiger charge is -2.51. The van der Waals surface area contributed by atoms with Gasteiger partial charge in [-0.05, 0) is 37.8 Å². The second-order valence-electron chi connectivity index (χ2n) is 4.90. The van der Waals surface area contributed by atoms with Gasteiger partial charge in [0.2, 0.25) is 0 Å². The summed E-state index contributed by atoms with van der Waals surface area (Å²) in [6.07, 6.45) is 2.70. The highest BCUT2D eigenvalue weighted by molar-refractivity contribution is 4.95. The second-order valence-corrected chi connectivity index (χ2v) is 4.90. The first kappa shape index (κ1) is 9.47. The minimum atomic E-state index is 0.530. The molecule has 2 aliphatic heterocycles. The van der Waals surface area contributed by atoms with Gasteiger partial charge in [-0.25, -0.2) is 0 Å². The van der Waals surface area contributed by atoms with E-state index in [1.807, 2.05) is 0 Å². The van der Waals surface area contributed by atoms with E-state index in [0.29, 0.717) is 5.41 Å². The van der Waals surface area contributed by atoms with Gasteiger partial charge in [-0.15, -0.1) is 0 Å². The van der Waals surface area contributed by atoms with Gasteiger partial charge in [-0.3, -0.25) is 0 Å². The first-order valence-corrected chi connectivity index (χ1v) is 5.54. The third-order valence-electron chi connectivity index (χ3n) is 4.04. The van der Waals surface area contributed by atoms with Gasteiger partial charge >= 0.3 is 0 Å². The van der Waals surface area contributed by atoms with E-state index in [2.05, 4.69) is 19.2 Å². The molecule has 0 bridgehead atoms. The summed E-state index contributed by atoms with van der Waals surface area (Å²) in [6, 6.07) is 0. The minimum Gasteiger partial charge on any atom is -0.380 e. The van der Waals surface area contributed by atoms with Gasteiger partial charge in [0.05, 0.1) is 13.2 Å². The van der Waals surface area contributed by atoms with Crippen LogP contribution in [0.5, 0.6) is 0 Å². The molecule has 0 radical (unpaired) electrons. The van der Waals surface area contributed by atoms with Crippen LogP contribution in [0.2, 0.25) is 0 Å². The van der Waals surface area contributed by atoms with Crippen molar-refractivity contribution in [1.29, 1.82) is 0 Å². The van der Waals surface area contributed by atoms with Crippen LogP contribution in [0.1, 0.15) is 26.7 Å². The van der Waals surface area contributed by atoms with Gasteiger partial charge in [0.25, 0.3) is 0 Å². The molecular weight excluding hydrogens is 162 g/mol. The van der Waals surface area contributed by atoms with Gasteiger partial charge in [0.15, 0.2) is 0 Å². The molecule has 0 spiro atoms. The topological polar surface area (TPSA) is 21.3 Å². The van der Waals surface area contributed by atoms with Crippen molar-refractivity contribution in [1.82, 2.24) is 5.32 Å². The Hall–Kier alpha value is -0.0800. The third kappa shape index (κ3) is 1.50. The SMILES string of the molecule is CC(C)C1(C2CCNCC2)COC1. The molecule has 13 heavy (non-hydrogen) atoms. The number of hydrogen-bond acceptors (Lipinski definition) is 2. The first-order chi connectivity index (χ1) is 6.26. The van der Waals surface area contributed by atoms with Gasteiger partial charge < -0.3 is 10.1 Å². The predicted molar refractivity (Wildman–Crippen MR) is 53.7 cm³/mol. The van der Waals surface area contributed by atoms with Crippen molar-refractivity contribution < 1.29 is 4.74 Å². The Labute approximate surface area is 81.0 Å². The Bertz CT molecular complexity index is 169. The highest BCUT2D eigenvalue weighted by atomic mass is 16.5. The summed E-state index contributed by atoms with van der Waals surface area (Å²) in [5.41, 5.74) is 0.530. The molecule has 0 aromatic carbocycles. The third-order valence-corrected chi connectivity index (χ3v) is 4.04. The quantitative estimate of drug-likeness (QED) is 0.703. The summed E-state index contributed by atoms with van der Waals surface area (Å²) < 4.78 is 5.43. The number of piperidine rings is 1. The summed E-state index contributed by atoms with van der Waals surface area (Å²) in [4.78, 5) is 0. The average molecular weight is 183 g/mol. The van der Waals surface area contributed by atoms with Crippen molar-refractivity contribution in [2.75, 3.05) is 26.3 Å². The maximum atomic E-state index is 5.43. The Morgan fingerprint density at radius 3 is 2.23 bits per heavy atom. The normalized spacial score (nSPS) is 28.8. The Morgan fingerprint density at radius 1 is 1.23 bits per heavy atom.